The second-order valence-corrected chi connectivity index (χ2v) is 16.6. The lowest BCUT2D eigenvalue weighted by Gasteiger charge is -2.24. The molecule has 3 heterocycles. The lowest BCUT2D eigenvalue weighted by molar-refractivity contribution is 0.0719. The summed E-state index contributed by atoms with van der Waals surface area (Å²) in [6, 6.07) is 18.4. The van der Waals surface area contributed by atoms with E-state index in [0.717, 1.165) is 22.7 Å². The van der Waals surface area contributed by atoms with Crippen molar-refractivity contribution in [3.63, 3.8) is 0 Å². The summed E-state index contributed by atoms with van der Waals surface area (Å²) in [5.41, 5.74) is 0.591. The van der Waals surface area contributed by atoms with Crippen molar-refractivity contribution >= 4 is 89.1 Å². The maximum atomic E-state index is 13.6. The second-order valence-electron chi connectivity index (χ2n) is 9.36. The van der Waals surface area contributed by atoms with E-state index in [9.17, 15) is 26.4 Å². The Morgan fingerprint density at radius 1 is 0.605 bits per heavy atom. The number of benzene rings is 2. The van der Waals surface area contributed by atoms with Crippen molar-refractivity contribution in [1.29, 1.82) is 0 Å². The Balaban J connectivity index is 1.30. The van der Waals surface area contributed by atoms with Crippen LogP contribution in [0, 0.1) is 0 Å². The maximum Gasteiger partial charge on any atom is 0.271 e. The van der Waals surface area contributed by atoms with Gasteiger partial charge >= 0.3 is 0 Å². The molecule has 1 saturated heterocycles. The first-order valence-corrected chi connectivity index (χ1v) is 18.1. The highest BCUT2D eigenvalue weighted by Gasteiger charge is 2.28. The van der Waals surface area contributed by atoms with E-state index in [-0.39, 0.29) is 55.8 Å². The van der Waals surface area contributed by atoms with E-state index in [2.05, 4.69) is 9.44 Å². The van der Waals surface area contributed by atoms with Crippen molar-refractivity contribution in [3.8, 4) is 0 Å². The van der Waals surface area contributed by atoms with Gasteiger partial charge in [-0.2, -0.15) is 0 Å². The summed E-state index contributed by atoms with van der Waals surface area (Å²) in [4.78, 5) is 30.3. The molecule has 0 saturated carbocycles. The first kappa shape index (κ1) is 31.3. The highest BCUT2D eigenvalue weighted by Crippen LogP contribution is 2.30. The molecule has 1 aliphatic heterocycles. The number of rotatable bonds is 8. The first-order valence-electron chi connectivity index (χ1n) is 12.8. The van der Waals surface area contributed by atoms with Crippen molar-refractivity contribution in [3.05, 3.63) is 92.6 Å². The van der Waals surface area contributed by atoms with E-state index >= 15 is 0 Å². The van der Waals surface area contributed by atoms with Crippen LogP contribution in [0.5, 0.6) is 0 Å². The summed E-state index contributed by atoms with van der Waals surface area (Å²) in [6.07, 6.45) is 0.459. The number of nitrogens with one attached hydrogen (secondary N) is 2. The minimum Gasteiger partial charge on any atom is -0.337 e. The molecule has 2 aromatic carbocycles. The Labute approximate surface area is 267 Å². The molecule has 0 atom stereocenters. The lowest BCUT2D eigenvalue weighted by Crippen LogP contribution is -2.38. The van der Waals surface area contributed by atoms with Crippen LogP contribution in [0.4, 0.5) is 11.4 Å². The predicted octanol–water partition coefficient (Wildman–Crippen LogP) is 5.71. The third kappa shape index (κ3) is 7.16. The van der Waals surface area contributed by atoms with E-state index in [4.69, 9.17) is 23.2 Å². The van der Waals surface area contributed by atoms with Crippen molar-refractivity contribution in [1.82, 2.24) is 9.80 Å². The molecule has 226 valence electrons. The van der Waals surface area contributed by atoms with Gasteiger partial charge in [-0.25, -0.2) is 16.8 Å². The van der Waals surface area contributed by atoms with Crippen LogP contribution in [0.2, 0.25) is 8.67 Å². The van der Waals surface area contributed by atoms with Gasteiger partial charge in [0.05, 0.1) is 31.2 Å². The van der Waals surface area contributed by atoms with Gasteiger partial charge in [-0.3, -0.25) is 19.0 Å². The fraction of sp³-hybridized carbons (Fsp3) is 0.185. The zero-order valence-electron chi connectivity index (χ0n) is 22.2. The number of para-hydroxylation sites is 2. The first-order chi connectivity index (χ1) is 20.4. The van der Waals surface area contributed by atoms with Crippen molar-refractivity contribution in [2.75, 3.05) is 35.6 Å². The van der Waals surface area contributed by atoms with Gasteiger partial charge in [0.15, 0.2) is 0 Å². The van der Waals surface area contributed by atoms with E-state index in [0.29, 0.717) is 28.2 Å². The van der Waals surface area contributed by atoms with Crippen LogP contribution in [0.1, 0.15) is 27.1 Å². The highest BCUT2D eigenvalue weighted by atomic mass is 35.5. The number of nitrogens with zero attached hydrogens (tertiary/aromatic N) is 2. The number of sulfonamides is 2. The molecule has 1 fully saturated rings. The molecule has 0 radical (unpaired) electrons. The number of halogens is 2. The lowest BCUT2D eigenvalue weighted by atomic mass is 10.1. The number of thiophene rings is 2. The van der Waals surface area contributed by atoms with E-state index in [1.165, 1.54) is 36.4 Å². The summed E-state index contributed by atoms with van der Waals surface area (Å²) in [5, 5.41) is 0. The smallest absolute Gasteiger partial charge is 0.271 e. The Bertz CT molecular complexity index is 1760. The fourth-order valence-corrected chi connectivity index (χ4v) is 9.58. The third-order valence-electron chi connectivity index (χ3n) is 6.50. The van der Waals surface area contributed by atoms with Gasteiger partial charge < -0.3 is 9.80 Å². The SMILES string of the molecule is O=C(c1ccccc1NS(=O)(=O)c1ccc(Cl)s1)N1CCCN(C(=O)c2ccccc2NS(=O)(=O)c2ccc(Cl)s2)CC1. The molecule has 10 nitrogen and oxygen atoms in total. The minimum absolute atomic E-state index is 0.0189. The second kappa shape index (κ2) is 12.8. The molecule has 5 rings (SSSR count). The summed E-state index contributed by atoms with van der Waals surface area (Å²) in [7, 11) is -7.93. The zero-order chi connectivity index (χ0) is 30.8. The van der Waals surface area contributed by atoms with E-state index < -0.39 is 20.0 Å². The molecule has 2 amide bonds. The van der Waals surface area contributed by atoms with Gasteiger partial charge in [-0.1, -0.05) is 47.5 Å². The van der Waals surface area contributed by atoms with Crippen LogP contribution in [0.25, 0.3) is 0 Å². The molecule has 2 aromatic heterocycles. The van der Waals surface area contributed by atoms with E-state index in [1.807, 2.05) is 0 Å². The standard InChI is InChI=1S/C27H24Cl2N4O6S4/c28-22-10-12-24(40-22)42(36,37)30-20-8-3-1-6-18(20)26(34)32-14-5-15-33(17-16-32)27(35)19-7-2-4-9-21(19)31-43(38,39)25-13-11-23(29)41-25/h1-4,6-13,30-31H,5,14-17H2. The predicted molar refractivity (Wildman–Crippen MR) is 170 cm³/mol. The molecule has 0 unspecified atom stereocenters. The molecule has 16 heteroatoms. The van der Waals surface area contributed by atoms with Crippen LogP contribution >= 0.6 is 45.9 Å². The Hall–Kier alpha value is -3.14. The maximum absolute atomic E-state index is 13.6. The van der Waals surface area contributed by atoms with Crippen LogP contribution < -0.4 is 9.44 Å². The minimum atomic E-state index is -3.97. The molecule has 0 aliphatic carbocycles. The zero-order valence-corrected chi connectivity index (χ0v) is 27.0. The van der Waals surface area contributed by atoms with Crippen molar-refractivity contribution < 1.29 is 26.4 Å². The number of amides is 2. The summed E-state index contributed by atoms with van der Waals surface area (Å²) in [5.74, 6) is -0.779. The number of carbonyl (C=O) groups excluding carboxylic acids is 2. The number of anilines is 2. The molecule has 0 spiro atoms. The van der Waals surface area contributed by atoms with Crippen LogP contribution in [-0.4, -0.2) is 64.6 Å². The Morgan fingerprint density at radius 2 is 1.00 bits per heavy atom. The number of hydrogen-bond donors (Lipinski definition) is 2. The van der Waals surface area contributed by atoms with E-state index in [1.54, 1.807) is 46.2 Å². The van der Waals surface area contributed by atoms with Gasteiger partial charge in [0, 0.05) is 26.2 Å². The molecule has 2 N–H and O–H groups in total. The van der Waals surface area contributed by atoms with Crippen LogP contribution in [-0.2, 0) is 20.0 Å². The summed E-state index contributed by atoms with van der Waals surface area (Å²) < 4.78 is 57.2. The Morgan fingerprint density at radius 3 is 1.37 bits per heavy atom. The Kier molecular flexibility index (Phi) is 9.34. The quantitative estimate of drug-likeness (QED) is 0.242. The monoisotopic (exact) mass is 698 g/mol. The van der Waals surface area contributed by atoms with Gasteiger partial charge in [0.2, 0.25) is 0 Å². The molecular weight excluding hydrogens is 675 g/mol. The van der Waals surface area contributed by atoms with Crippen molar-refractivity contribution in [2.45, 2.75) is 14.8 Å². The average molecular weight is 700 g/mol. The van der Waals surface area contributed by atoms with Gasteiger partial charge in [-0.15, -0.1) is 22.7 Å². The topological polar surface area (TPSA) is 133 Å². The van der Waals surface area contributed by atoms with Gasteiger partial charge in [-0.05, 0) is 55.0 Å². The number of carbonyl (C=O) groups is 2. The van der Waals surface area contributed by atoms with Crippen LogP contribution in [0.3, 0.4) is 0 Å². The molecule has 43 heavy (non-hydrogen) atoms. The highest BCUT2D eigenvalue weighted by molar-refractivity contribution is 7.95. The average Bonchev–Trinajstić information content (AvgIpc) is 3.54. The fourth-order valence-electron chi connectivity index (χ4n) is 4.46. The number of hydrogen-bond acceptors (Lipinski definition) is 8. The molecule has 4 aromatic rings. The molecule has 0 bridgehead atoms. The van der Waals surface area contributed by atoms with Gasteiger partial charge in [0.1, 0.15) is 8.42 Å². The van der Waals surface area contributed by atoms with Gasteiger partial charge in [0.25, 0.3) is 31.9 Å². The summed E-state index contributed by atoms with van der Waals surface area (Å²) in [6.45, 7) is 1.04. The van der Waals surface area contributed by atoms with Crippen LogP contribution in [0.15, 0.2) is 81.2 Å². The normalized spacial score (nSPS) is 14.3. The van der Waals surface area contributed by atoms with Crippen molar-refractivity contribution in [2.24, 2.45) is 0 Å². The third-order valence-corrected chi connectivity index (χ3v) is 12.7. The summed E-state index contributed by atoms with van der Waals surface area (Å²) >= 11 is 13.6. The molecular formula is C27H24Cl2N4O6S4. The molecule has 1 aliphatic rings. The largest absolute Gasteiger partial charge is 0.337 e.